The van der Waals surface area contributed by atoms with E-state index in [1.54, 1.807) is 6.20 Å². The van der Waals surface area contributed by atoms with Gasteiger partial charge in [-0.15, -0.1) is 0 Å². The molecule has 1 heterocycles. The van der Waals surface area contributed by atoms with Gasteiger partial charge in [0, 0.05) is 18.8 Å². The standard InChI is InChI=1S/C18H23NO3/c1-5-6-9-22-16-8-7-12(2)10-14(16)17-13(3)15(18(20)21)11-19(17)4/h7-8,10-11H,5-6,9H2,1-4H3,(H,20,21). The number of nitrogens with zero attached hydrogens (tertiary/aromatic N) is 1. The van der Waals surface area contributed by atoms with Crippen molar-refractivity contribution in [1.82, 2.24) is 4.57 Å². The molecule has 0 aliphatic carbocycles. The maximum atomic E-state index is 11.3. The zero-order valence-electron chi connectivity index (χ0n) is 13.6. The van der Waals surface area contributed by atoms with E-state index in [0.717, 1.165) is 41.0 Å². The Kier molecular flexibility index (Phi) is 4.91. The van der Waals surface area contributed by atoms with Crippen LogP contribution in [0.4, 0.5) is 0 Å². The molecule has 0 bridgehead atoms. The number of aromatic carboxylic acids is 1. The fourth-order valence-electron chi connectivity index (χ4n) is 2.64. The van der Waals surface area contributed by atoms with Gasteiger partial charge in [0.25, 0.3) is 0 Å². The quantitative estimate of drug-likeness (QED) is 0.814. The Bertz CT molecular complexity index is 686. The number of aromatic nitrogens is 1. The summed E-state index contributed by atoms with van der Waals surface area (Å²) in [6.07, 6.45) is 3.73. The van der Waals surface area contributed by atoms with Gasteiger partial charge in [0.05, 0.1) is 17.9 Å². The molecule has 0 saturated heterocycles. The average Bonchev–Trinajstić information content (AvgIpc) is 2.76. The minimum Gasteiger partial charge on any atom is -0.493 e. The molecule has 22 heavy (non-hydrogen) atoms. The van der Waals surface area contributed by atoms with Gasteiger partial charge in [0.1, 0.15) is 5.75 Å². The van der Waals surface area contributed by atoms with Gasteiger partial charge < -0.3 is 14.4 Å². The highest BCUT2D eigenvalue weighted by molar-refractivity contribution is 5.92. The molecule has 0 radical (unpaired) electrons. The van der Waals surface area contributed by atoms with Crippen LogP contribution < -0.4 is 4.74 Å². The summed E-state index contributed by atoms with van der Waals surface area (Å²) in [4.78, 5) is 11.3. The molecule has 1 N–H and O–H groups in total. The van der Waals surface area contributed by atoms with Gasteiger partial charge in [0.2, 0.25) is 0 Å². The van der Waals surface area contributed by atoms with Crippen LogP contribution in [-0.2, 0) is 7.05 Å². The highest BCUT2D eigenvalue weighted by atomic mass is 16.5. The van der Waals surface area contributed by atoms with Crippen LogP contribution in [0.1, 0.15) is 41.3 Å². The van der Waals surface area contributed by atoms with Crippen molar-refractivity contribution in [3.05, 3.63) is 41.1 Å². The van der Waals surface area contributed by atoms with E-state index in [9.17, 15) is 9.90 Å². The molecule has 0 atom stereocenters. The molecule has 0 spiro atoms. The topological polar surface area (TPSA) is 51.5 Å². The molecule has 4 nitrogen and oxygen atoms in total. The van der Waals surface area contributed by atoms with E-state index in [1.165, 1.54) is 0 Å². The molecule has 1 aromatic carbocycles. The molecule has 118 valence electrons. The number of carbonyl (C=O) groups is 1. The van der Waals surface area contributed by atoms with Gasteiger partial charge in [-0.3, -0.25) is 0 Å². The van der Waals surface area contributed by atoms with Crippen LogP contribution >= 0.6 is 0 Å². The molecular weight excluding hydrogens is 278 g/mol. The van der Waals surface area contributed by atoms with Gasteiger partial charge in [-0.25, -0.2) is 4.79 Å². The normalized spacial score (nSPS) is 10.7. The Hall–Kier alpha value is -2.23. The maximum absolute atomic E-state index is 11.3. The van der Waals surface area contributed by atoms with Crippen LogP contribution in [0.2, 0.25) is 0 Å². The number of aryl methyl sites for hydroxylation is 2. The molecule has 2 rings (SSSR count). The predicted molar refractivity (Wildman–Crippen MR) is 87.7 cm³/mol. The average molecular weight is 301 g/mol. The van der Waals surface area contributed by atoms with E-state index in [1.807, 2.05) is 37.6 Å². The molecule has 2 aromatic rings. The zero-order chi connectivity index (χ0) is 16.3. The molecule has 1 aromatic heterocycles. The first-order valence-electron chi connectivity index (χ1n) is 7.58. The molecule has 0 unspecified atom stereocenters. The lowest BCUT2D eigenvalue weighted by atomic mass is 10.0. The van der Waals surface area contributed by atoms with Gasteiger partial charge in [-0.2, -0.15) is 0 Å². The van der Waals surface area contributed by atoms with Crippen molar-refractivity contribution >= 4 is 5.97 Å². The van der Waals surface area contributed by atoms with E-state index < -0.39 is 5.97 Å². The van der Waals surface area contributed by atoms with Gasteiger partial charge in [-0.1, -0.05) is 25.0 Å². The zero-order valence-corrected chi connectivity index (χ0v) is 13.6. The second-order valence-corrected chi connectivity index (χ2v) is 5.63. The summed E-state index contributed by atoms with van der Waals surface area (Å²) < 4.78 is 7.77. The SMILES string of the molecule is CCCCOc1ccc(C)cc1-c1c(C)c(C(=O)O)cn1C. The Balaban J connectivity index is 2.51. The van der Waals surface area contributed by atoms with E-state index in [2.05, 4.69) is 13.0 Å². The Labute approximate surface area is 131 Å². The van der Waals surface area contributed by atoms with Crippen molar-refractivity contribution in [3.8, 4) is 17.0 Å². The first-order valence-corrected chi connectivity index (χ1v) is 7.58. The summed E-state index contributed by atoms with van der Waals surface area (Å²) >= 11 is 0. The van der Waals surface area contributed by atoms with Crippen LogP contribution in [0.5, 0.6) is 5.75 Å². The number of rotatable bonds is 6. The monoisotopic (exact) mass is 301 g/mol. The molecule has 0 amide bonds. The summed E-state index contributed by atoms with van der Waals surface area (Å²) in [5, 5.41) is 9.30. The summed E-state index contributed by atoms with van der Waals surface area (Å²) in [5.74, 6) is -0.0965. The van der Waals surface area contributed by atoms with Crippen LogP contribution in [0.3, 0.4) is 0 Å². The lowest BCUT2D eigenvalue weighted by Crippen LogP contribution is -2.01. The Morgan fingerprint density at radius 2 is 2.05 bits per heavy atom. The summed E-state index contributed by atoms with van der Waals surface area (Å²) in [6, 6.07) is 6.03. The number of benzene rings is 1. The van der Waals surface area contributed by atoms with E-state index in [0.29, 0.717) is 12.2 Å². The second kappa shape index (κ2) is 6.69. The minimum atomic E-state index is -0.902. The number of unbranched alkanes of at least 4 members (excludes halogenated alkanes) is 1. The molecule has 0 aliphatic rings. The fraction of sp³-hybridized carbons (Fsp3) is 0.389. The number of carboxylic acids is 1. The third-order valence-corrected chi connectivity index (χ3v) is 3.81. The molecule has 0 fully saturated rings. The predicted octanol–water partition coefficient (Wildman–Crippen LogP) is 4.19. The molecule has 0 aliphatic heterocycles. The molecule has 4 heteroatoms. The molecule has 0 saturated carbocycles. The van der Waals surface area contributed by atoms with Gasteiger partial charge >= 0.3 is 5.97 Å². The third kappa shape index (κ3) is 3.16. The van der Waals surface area contributed by atoms with Crippen molar-refractivity contribution < 1.29 is 14.6 Å². The lowest BCUT2D eigenvalue weighted by Gasteiger charge is -2.14. The summed E-state index contributed by atoms with van der Waals surface area (Å²) in [6.45, 7) is 6.66. The van der Waals surface area contributed by atoms with E-state index in [4.69, 9.17) is 4.74 Å². The highest BCUT2D eigenvalue weighted by Gasteiger charge is 2.19. The van der Waals surface area contributed by atoms with Crippen molar-refractivity contribution in [2.75, 3.05) is 6.61 Å². The highest BCUT2D eigenvalue weighted by Crippen LogP contribution is 2.35. The Morgan fingerprint density at radius 3 is 2.64 bits per heavy atom. The second-order valence-electron chi connectivity index (χ2n) is 5.63. The number of hydrogen-bond acceptors (Lipinski definition) is 2. The van der Waals surface area contributed by atoms with Crippen LogP contribution in [0.15, 0.2) is 24.4 Å². The van der Waals surface area contributed by atoms with Crippen molar-refractivity contribution in [2.45, 2.75) is 33.6 Å². The lowest BCUT2D eigenvalue weighted by molar-refractivity contribution is 0.0696. The third-order valence-electron chi connectivity index (χ3n) is 3.81. The van der Waals surface area contributed by atoms with Crippen LogP contribution in [0, 0.1) is 13.8 Å². The summed E-state index contributed by atoms with van der Waals surface area (Å²) in [7, 11) is 1.87. The van der Waals surface area contributed by atoms with Gasteiger partial charge in [0.15, 0.2) is 0 Å². The first kappa shape index (κ1) is 16.1. The van der Waals surface area contributed by atoms with E-state index in [-0.39, 0.29) is 0 Å². The largest absolute Gasteiger partial charge is 0.493 e. The molecular formula is C18H23NO3. The first-order chi connectivity index (χ1) is 10.5. The number of ether oxygens (including phenoxy) is 1. The van der Waals surface area contributed by atoms with Gasteiger partial charge in [-0.05, 0) is 38.0 Å². The van der Waals surface area contributed by atoms with E-state index >= 15 is 0 Å². The van der Waals surface area contributed by atoms with Crippen LogP contribution in [0.25, 0.3) is 11.3 Å². The number of carboxylic acid groups (broad SMARTS) is 1. The fourth-order valence-corrected chi connectivity index (χ4v) is 2.64. The number of hydrogen-bond donors (Lipinski definition) is 1. The van der Waals surface area contributed by atoms with Crippen molar-refractivity contribution in [2.24, 2.45) is 7.05 Å². The van der Waals surface area contributed by atoms with Crippen molar-refractivity contribution in [1.29, 1.82) is 0 Å². The van der Waals surface area contributed by atoms with Crippen LogP contribution in [-0.4, -0.2) is 22.2 Å². The van der Waals surface area contributed by atoms with Crippen molar-refractivity contribution in [3.63, 3.8) is 0 Å². The maximum Gasteiger partial charge on any atom is 0.337 e. The Morgan fingerprint density at radius 1 is 1.32 bits per heavy atom. The smallest absolute Gasteiger partial charge is 0.337 e. The minimum absolute atomic E-state index is 0.332. The summed E-state index contributed by atoms with van der Waals surface area (Å²) in [5.41, 5.74) is 4.06.